The largest absolute Gasteiger partial charge is 0.342 e. The lowest BCUT2D eigenvalue weighted by molar-refractivity contribution is -0.139. The Balaban J connectivity index is 1.12. The number of carbonyl (C=O) groups is 3. The van der Waals surface area contributed by atoms with Gasteiger partial charge in [-0.15, -0.1) is 11.3 Å². The smallest absolute Gasteiger partial charge is 0.254 e. The Morgan fingerprint density at radius 1 is 0.886 bits per heavy atom. The first-order valence-electron chi connectivity index (χ1n) is 12.3. The molecule has 2 fully saturated rings. The number of hydrogen-bond acceptors (Lipinski definition) is 5. The maximum atomic E-state index is 13.2. The van der Waals surface area contributed by atoms with E-state index in [2.05, 4.69) is 10.3 Å². The van der Waals surface area contributed by atoms with Crippen LogP contribution in [0.2, 0.25) is 0 Å². The van der Waals surface area contributed by atoms with Crippen molar-refractivity contribution in [2.24, 2.45) is 11.8 Å². The number of anilines is 1. The third-order valence-electron chi connectivity index (χ3n) is 7.18. The molecule has 2 aromatic carbocycles. The van der Waals surface area contributed by atoms with E-state index in [1.807, 2.05) is 64.6 Å². The number of aromatic nitrogens is 1. The molecule has 0 atom stereocenters. The Morgan fingerprint density at radius 3 is 2.26 bits per heavy atom. The molecule has 0 saturated carbocycles. The molecule has 2 aliphatic heterocycles. The lowest BCUT2D eigenvalue weighted by Crippen LogP contribution is -2.47. The van der Waals surface area contributed by atoms with Crippen molar-refractivity contribution in [3.63, 3.8) is 0 Å². The molecule has 0 aliphatic carbocycles. The molecule has 5 rings (SSSR count). The van der Waals surface area contributed by atoms with Gasteiger partial charge in [0, 0.05) is 49.0 Å². The van der Waals surface area contributed by atoms with Gasteiger partial charge in [-0.1, -0.05) is 36.4 Å². The van der Waals surface area contributed by atoms with Crippen molar-refractivity contribution in [1.82, 2.24) is 14.8 Å². The van der Waals surface area contributed by atoms with Gasteiger partial charge in [0.25, 0.3) is 5.91 Å². The van der Waals surface area contributed by atoms with Crippen LogP contribution in [0.4, 0.5) is 5.13 Å². The van der Waals surface area contributed by atoms with Crippen LogP contribution < -0.4 is 5.32 Å². The lowest BCUT2D eigenvalue weighted by Gasteiger charge is -2.37. The van der Waals surface area contributed by atoms with Gasteiger partial charge in [0.2, 0.25) is 11.8 Å². The molecular formula is C27H30N4O3S. The van der Waals surface area contributed by atoms with E-state index in [-0.39, 0.29) is 29.6 Å². The van der Waals surface area contributed by atoms with E-state index >= 15 is 0 Å². The van der Waals surface area contributed by atoms with E-state index in [1.54, 1.807) is 0 Å². The molecule has 2 saturated heterocycles. The number of rotatable bonds is 4. The number of likely N-dealkylation sites (tertiary alicyclic amines) is 2. The van der Waals surface area contributed by atoms with Crippen LogP contribution in [0.15, 0.2) is 47.8 Å². The number of nitrogens with one attached hydrogen (secondary N) is 1. The second-order valence-corrected chi connectivity index (χ2v) is 10.3. The minimum absolute atomic E-state index is 0.00768. The SMILES string of the molecule is Cc1csc(NC(=O)C2CCN(C(=O)C3CCN(C(=O)c4cccc5ccccc45)CC3)CC2)n1. The van der Waals surface area contributed by atoms with Crippen LogP contribution in [-0.2, 0) is 9.59 Å². The topological polar surface area (TPSA) is 82.6 Å². The third kappa shape index (κ3) is 5.07. The fourth-order valence-electron chi connectivity index (χ4n) is 5.15. The molecular weight excluding hydrogens is 460 g/mol. The van der Waals surface area contributed by atoms with E-state index in [0.717, 1.165) is 22.0 Å². The van der Waals surface area contributed by atoms with Gasteiger partial charge in [0.1, 0.15) is 0 Å². The van der Waals surface area contributed by atoms with Gasteiger partial charge in [0.05, 0.1) is 5.69 Å². The number of amides is 3. The Bertz CT molecular complexity index is 1230. The Morgan fingerprint density at radius 2 is 1.54 bits per heavy atom. The molecule has 182 valence electrons. The molecule has 0 unspecified atom stereocenters. The molecule has 1 N–H and O–H groups in total. The summed E-state index contributed by atoms with van der Waals surface area (Å²) in [5.74, 6) is 0.0389. The lowest BCUT2D eigenvalue weighted by atomic mass is 9.91. The highest BCUT2D eigenvalue weighted by atomic mass is 32.1. The number of piperidine rings is 2. The number of nitrogens with zero attached hydrogens (tertiary/aromatic N) is 3. The van der Waals surface area contributed by atoms with Gasteiger partial charge in [-0.25, -0.2) is 4.98 Å². The summed E-state index contributed by atoms with van der Waals surface area (Å²) in [6, 6.07) is 13.8. The zero-order valence-electron chi connectivity index (χ0n) is 19.9. The summed E-state index contributed by atoms with van der Waals surface area (Å²) >= 11 is 1.43. The second kappa shape index (κ2) is 10.2. The van der Waals surface area contributed by atoms with E-state index in [4.69, 9.17) is 0 Å². The predicted molar refractivity (Wildman–Crippen MR) is 137 cm³/mol. The first-order valence-corrected chi connectivity index (χ1v) is 13.2. The molecule has 3 aromatic rings. The Kier molecular flexibility index (Phi) is 6.81. The normalized spacial score (nSPS) is 17.5. The van der Waals surface area contributed by atoms with Crippen LogP contribution in [0.3, 0.4) is 0 Å². The van der Waals surface area contributed by atoms with E-state index in [0.29, 0.717) is 57.0 Å². The molecule has 8 heteroatoms. The van der Waals surface area contributed by atoms with Crippen LogP contribution in [0.1, 0.15) is 41.7 Å². The summed E-state index contributed by atoms with van der Waals surface area (Å²) < 4.78 is 0. The second-order valence-electron chi connectivity index (χ2n) is 9.48. The van der Waals surface area contributed by atoms with Crippen molar-refractivity contribution < 1.29 is 14.4 Å². The molecule has 0 radical (unpaired) electrons. The van der Waals surface area contributed by atoms with Crippen LogP contribution >= 0.6 is 11.3 Å². The molecule has 1 aromatic heterocycles. The fraction of sp³-hybridized carbons (Fsp3) is 0.407. The molecule has 0 bridgehead atoms. The standard InChI is InChI=1S/C27H30N4O3S/c1-18-17-35-27(28-18)29-24(32)20-9-13-30(14-10-20)25(33)21-11-15-31(16-12-21)26(34)23-8-4-6-19-5-2-3-7-22(19)23/h2-8,17,20-21H,9-16H2,1H3,(H,28,29,32). The summed E-state index contributed by atoms with van der Waals surface area (Å²) in [6.45, 7) is 4.28. The number of hydrogen-bond donors (Lipinski definition) is 1. The molecule has 35 heavy (non-hydrogen) atoms. The van der Waals surface area contributed by atoms with E-state index < -0.39 is 0 Å². The number of aryl methyl sites for hydroxylation is 1. The zero-order valence-corrected chi connectivity index (χ0v) is 20.7. The van der Waals surface area contributed by atoms with Gasteiger partial charge < -0.3 is 15.1 Å². The van der Waals surface area contributed by atoms with Crippen LogP contribution in [-0.4, -0.2) is 58.7 Å². The third-order valence-corrected chi connectivity index (χ3v) is 8.05. The quantitative estimate of drug-likeness (QED) is 0.590. The Labute approximate surface area is 209 Å². The Hall–Kier alpha value is -3.26. The zero-order chi connectivity index (χ0) is 24.4. The van der Waals surface area contributed by atoms with Gasteiger partial charge >= 0.3 is 0 Å². The minimum atomic E-state index is -0.0941. The summed E-state index contributed by atoms with van der Waals surface area (Å²) in [4.78, 5) is 47.0. The maximum absolute atomic E-state index is 13.2. The van der Waals surface area contributed by atoms with Crippen LogP contribution in [0.25, 0.3) is 10.8 Å². The maximum Gasteiger partial charge on any atom is 0.254 e. The first kappa shape index (κ1) is 23.5. The predicted octanol–water partition coefficient (Wildman–Crippen LogP) is 4.33. The molecule has 3 heterocycles. The number of carbonyl (C=O) groups excluding carboxylic acids is 3. The highest BCUT2D eigenvalue weighted by Gasteiger charge is 2.34. The van der Waals surface area contributed by atoms with Gasteiger partial charge in [0.15, 0.2) is 5.13 Å². The van der Waals surface area contributed by atoms with Crippen molar-refractivity contribution in [2.45, 2.75) is 32.6 Å². The van der Waals surface area contributed by atoms with Crippen molar-refractivity contribution in [2.75, 3.05) is 31.5 Å². The highest BCUT2D eigenvalue weighted by molar-refractivity contribution is 7.13. The van der Waals surface area contributed by atoms with E-state index in [1.165, 1.54) is 11.3 Å². The molecule has 2 aliphatic rings. The van der Waals surface area contributed by atoms with Gasteiger partial charge in [-0.2, -0.15) is 0 Å². The minimum Gasteiger partial charge on any atom is -0.342 e. The van der Waals surface area contributed by atoms with Crippen LogP contribution in [0, 0.1) is 18.8 Å². The van der Waals surface area contributed by atoms with Crippen molar-refractivity contribution in [3.05, 3.63) is 59.1 Å². The number of benzene rings is 2. The van der Waals surface area contributed by atoms with Crippen molar-refractivity contribution in [1.29, 1.82) is 0 Å². The average molecular weight is 491 g/mol. The highest BCUT2D eigenvalue weighted by Crippen LogP contribution is 2.27. The summed E-state index contributed by atoms with van der Waals surface area (Å²) in [5.41, 5.74) is 1.62. The molecule has 3 amide bonds. The summed E-state index contributed by atoms with van der Waals surface area (Å²) in [5, 5.41) is 7.48. The number of thiazole rings is 1. The van der Waals surface area contributed by atoms with Gasteiger partial charge in [-0.05, 0) is 49.4 Å². The van der Waals surface area contributed by atoms with Crippen molar-refractivity contribution >= 4 is 45.0 Å². The number of fused-ring (bicyclic) bond motifs is 1. The first-order chi connectivity index (χ1) is 17.0. The fourth-order valence-corrected chi connectivity index (χ4v) is 5.84. The summed E-state index contributed by atoms with van der Waals surface area (Å²) in [6.07, 6.45) is 2.69. The molecule has 7 nitrogen and oxygen atoms in total. The van der Waals surface area contributed by atoms with E-state index in [9.17, 15) is 14.4 Å². The average Bonchev–Trinajstić information content (AvgIpc) is 3.32. The summed E-state index contributed by atoms with van der Waals surface area (Å²) in [7, 11) is 0. The van der Waals surface area contributed by atoms with Crippen molar-refractivity contribution in [3.8, 4) is 0 Å². The molecule has 0 spiro atoms. The van der Waals surface area contributed by atoms with Gasteiger partial charge in [-0.3, -0.25) is 14.4 Å². The van der Waals surface area contributed by atoms with Crippen LogP contribution in [0.5, 0.6) is 0 Å². The monoisotopic (exact) mass is 490 g/mol.